The molecule has 13 heavy (non-hydrogen) atoms. The first-order chi connectivity index (χ1) is 5.90. The molecule has 0 aliphatic heterocycles. The van der Waals surface area contributed by atoms with Crippen LogP contribution in [0.4, 0.5) is 0 Å². The van der Waals surface area contributed by atoms with E-state index in [-0.39, 0.29) is 6.61 Å². The van der Waals surface area contributed by atoms with Crippen LogP contribution in [0, 0.1) is 5.41 Å². The molecule has 0 saturated carbocycles. The number of nitrogens with zero attached hydrogens (tertiary/aromatic N) is 1. The molecule has 0 radical (unpaired) electrons. The second kappa shape index (κ2) is 5.61. The van der Waals surface area contributed by atoms with Crippen molar-refractivity contribution in [2.75, 3.05) is 20.2 Å². The third-order valence-electron chi connectivity index (χ3n) is 2.40. The molecule has 0 spiro atoms. The molecule has 0 amide bonds. The fourth-order valence-corrected chi connectivity index (χ4v) is 1.66. The molecule has 1 N–H and O–H groups in total. The molecule has 0 bridgehead atoms. The fraction of sp³-hybridized carbons (Fsp3) is 1.00. The normalized spacial score (nSPS) is 15.0. The van der Waals surface area contributed by atoms with Gasteiger partial charge >= 0.3 is 0 Å². The summed E-state index contributed by atoms with van der Waals surface area (Å²) in [6.07, 6.45) is 2.35. The number of aliphatic hydroxyl groups is 1. The van der Waals surface area contributed by atoms with Crippen LogP contribution in [0.3, 0.4) is 0 Å². The lowest BCUT2D eigenvalue weighted by Crippen LogP contribution is -2.36. The molecule has 0 unspecified atom stereocenters. The Morgan fingerprint density at radius 3 is 2.15 bits per heavy atom. The summed E-state index contributed by atoms with van der Waals surface area (Å²) in [5.74, 6) is 0. The Labute approximate surface area is 82.9 Å². The molecule has 2 heteroatoms. The van der Waals surface area contributed by atoms with Crippen molar-refractivity contribution in [1.82, 2.24) is 4.90 Å². The topological polar surface area (TPSA) is 23.5 Å². The highest BCUT2D eigenvalue weighted by Crippen LogP contribution is 2.24. The summed E-state index contributed by atoms with van der Waals surface area (Å²) in [5.41, 5.74) is 0.379. The SMILES string of the molecule is CC[C@@H](CC(C)(C)C)N(C)CCO. The van der Waals surface area contributed by atoms with Gasteiger partial charge in [-0.3, -0.25) is 0 Å². The minimum atomic E-state index is 0.261. The van der Waals surface area contributed by atoms with Gasteiger partial charge in [0.2, 0.25) is 0 Å². The number of hydrogen-bond acceptors (Lipinski definition) is 2. The van der Waals surface area contributed by atoms with Gasteiger partial charge in [-0.1, -0.05) is 27.7 Å². The van der Waals surface area contributed by atoms with Crippen molar-refractivity contribution in [1.29, 1.82) is 0 Å². The van der Waals surface area contributed by atoms with Gasteiger partial charge in [-0.15, -0.1) is 0 Å². The first-order valence-corrected chi connectivity index (χ1v) is 5.22. The summed E-state index contributed by atoms with van der Waals surface area (Å²) < 4.78 is 0. The van der Waals surface area contributed by atoms with Crippen molar-refractivity contribution in [3.63, 3.8) is 0 Å². The molecule has 0 rings (SSSR count). The Morgan fingerprint density at radius 1 is 1.31 bits per heavy atom. The second-order valence-electron chi connectivity index (χ2n) is 5.03. The Balaban J connectivity index is 4.01. The number of hydrogen-bond donors (Lipinski definition) is 1. The molecule has 0 heterocycles. The third kappa shape index (κ3) is 6.05. The lowest BCUT2D eigenvalue weighted by atomic mass is 9.86. The molecule has 0 aliphatic carbocycles. The molecule has 80 valence electrons. The molecule has 1 atom stereocenters. The number of likely N-dealkylation sites (N-methyl/N-ethyl adjacent to an activating group) is 1. The van der Waals surface area contributed by atoms with Gasteiger partial charge in [0.1, 0.15) is 0 Å². The first kappa shape index (κ1) is 12.9. The van der Waals surface area contributed by atoms with E-state index in [1.165, 1.54) is 6.42 Å². The standard InChI is InChI=1S/C11H25NO/c1-6-10(9-11(2,3)4)12(5)7-8-13/h10,13H,6-9H2,1-5H3/t10-/m0/s1. The quantitative estimate of drug-likeness (QED) is 0.712. The minimum Gasteiger partial charge on any atom is -0.395 e. The van der Waals surface area contributed by atoms with Gasteiger partial charge < -0.3 is 10.0 Å². The summed E-state index contributed by atoms with van der Waals surface area (Å²) in [4.78, 5) is 2.26. The van der Waals surface area contributed by atoms with Gasteiger partial charge in [-0.2, -0.15) is 0 Å². The van der Waals surface area contributed by atoms with Crippen LogP contribution in [0.15, 0.2) is 0 Å². The molecule has 2 nitrogen and oxygen atoms in total. The summed E-state index contributed by atoms with van der Waals surface area (Å²) in [6, 6.07) is 0.604. The summed E-state index contributed by atoms with van der Waals surface area (Å²) >= 11 is 0. The Morgan fingerprint density at radius 2 is 1.85 bits per heavy atom. The summed E-state index contributed by atoms with van der Waals surface area (Å²) in [7, 11) is 2.09. The summed E-state index contributed by atoms with van der Waals surface area (Å²) in [6.45, 7) is 10.1. The third-order valence-corrected chi connectivity index (χ3v) is 2.40. The van der Waals surface area contributed by atoms with Crippen molar-refractivity contribution in [3.8, 4) is 0 Å². The van der Waals surface area contributed by atoms with Crippen LogP contribution in [-0.4, -0.2) is 36.2 Å². The van der Waals surface area contributed by atoms with Gasteiger partial charge in [0.25, 0.3) is 0 Å². The Bertz CT molecular complexity index is 129. The van der Waals surface area contributed by atoms with E-state index in [9.17, 15) is 0 Å². The molecule has 0 fully saturated rings. The lowest BCUT2D eigenvalue weighted by molar-refractivity contribution is 0.142. The van der Waals surface area contributed by atoms with E-state index in [2.05, 4.69) is 39.6 Å². The van der Waals surface area contributed by atoms with E-state index >= 15 is 0 Å². The van der Waals surface area contributed by atoms with E-state index in [1.807, 2.05) is 0 Å². The van der Waals surface area contributed by atoms with Crippen LogP contribution in [0.1, 0.15) is 40.5 Å². The number of rotatable bonds is 5. The maximum atomic E-state index is 8.84. The lowest BCUT2D eigenvalue weighted by Gasteiger charge is -2.32. The maximum absolute atomic E-state index is 8.84. The monoisotopic (exact) mass is 187 g/mol. The molecule has 0 aromatic rings. The van der Waals surface area contributed by atoms with E-state index in [1.54, 1.807) is 0 Å². The zero-order valence-corrected chi connectivity index (χ0v) is 9.80. The van der Waals surface area contributed by atoms with Crippen molar-refractivity contribution >= 4 is 0 Å². The van der Waals surface area contributed by atoms with Crippen LogP contribution in [0.5, 0.6) is 0 Å². The highest BCUT2D eigenvalue weighted by molar-refractivity contribution is 4.74. The summed E-state index contributed by atoms with van der Waals surface area (Å²) in [5, 5.41) is 8.84. The van der Waals surface area contributed by atoms with E-state index in [0.29, 0.717) is 11.5 Å². The zero-order valence-electron chi connectivity index (χ0n) is 9.80. The van der Waals surface area contributed by atoms with Gasteiger partial charge in [0.05, 0.1) is 6.61 Å². The highest BCUT2D eigenvalue weighted by atomic mass is 16.3. The first-order valence-electron chi connectivity index (χ1n) is 5.22. The molecule has 0 aliphatic rings. The van der Waals surface area contributed by atoms with Gasteiger partial charge in [0.15, 0.2) is 0 Å². The van der Waals surface area contributed by atoms with Crippen LogP contribution >= 0.6 is 0 Å². The van der Waals surface area contributed by atoms with E-state index in [0.717, 1.165) is 13.0 Å². The predicted molar refractivity (Wildman–Crippen MR) is 57.9 cm³/mol. The average Bonchev–Trinajstić information content (AvgIpc) is 1.99. The largest absolute Gasteiger partial charge is 0.395 e. The van der Waals surface area contributed by atoms with E-state index in [4.69, 9.17) is 5.11 Å². The van der Waals surface area contributed by atoms with Crippen molar-refractivity contribution < 1.29 is 5.11 Å². The van der Waals surface area contributed by atoms with E-state index < -0.39 is 0 Å². The number of aliphatic hydroxyl groups excluding tert-OH is 1. The molecule has 0 saturated heterocycles. The van der Waals surface area contributed by atoms with Crippen LogP contribution in [0.2, 0.25) is 0 Å². The average molecular weight is 187 g/mol. The smallest absolute Gasteiger partial charge is 0.0558 e. The van der Waals surface area contributed by atoms with Crippen molar-refractivity contribution in [2.45, 2.75) is 46.6 Å². The molecule has 0 aromatic heterocycles. The Kier molecular flexibility index (Phi) is 5.57. The maximum Gasteiger partial charge on any atom is 0.0558 e. The minimum absolute atomic E-state index is 0.261. The molecular formula is C11H25NO. The molecule has 0 aromatic carbocycles. The van der Waals surface area contributed by atoms with Crippen molar-refractivity contribution in [3.05, 3.63) is 0 Å². The fourth-order valence-electron chi connectivity index (χ4n) is 1.66. The predicted octanol–water partition coefficient (Wildman–Crippen LogP) is 2.13. The van der Waals surface area contributed by atoms with Gasteiger partial charge in [0, 0.05) is 12.6 Å². The highest BCUT2D eigenvalue weighted by Gasteiger charge is 2.20. The second-order valence-corrected chi connectivity index (χ2v) is 5.03. The van der Waals surface area contributed by atoms with Crippen molar-refractivity contribution in [2.24, 2.45) is 5.41 Å². The zero-order chi connectivity index (χ0) is 10.5. The van der Waals surface area contributed by atoms with Crippen LogP contribution < -0.4 is 0 Å². The van der Waals surface area contributed by atoms with Gasteiger partial charge in [-0.05, 0) is 25.3 Å². The Hall–Kier alpha value is -0.0800. The van der Waals surface area contributed by atoms with Gasteiger partial charge in [-0.25, -0.2) is 0 Å². The van der Waals surface area contributed by atoms with Crippen LogP contribution in [-0.2, 0) is 0 Å². The molecular weight excluding hydrogens is 162 g/mol. The van der Waals surface area contributed by atoms with Crippen LogP contribution in [0.25, 0.3) is 0 Å².